The maximum absolute atomic E-state index is 12.5. The van der Waals surface area contributed by atoms with Gasteiger partial charge in [0.25, 0.3) is 0 Å². The number of nitrogens with one attached hydrogen (secondary N) is 1. The number of nitrogens with zero attached hydrogens (tertiary/aromatic N) is 1. The van der Waals surface area contributed by atoms with Gasteiger partial charge in [0.05, 0.1) is 6.10 Å². The molecule has 7 heteroatoms. The van der Waals surface area contributed by atoms with Gasteiger partial charge in [-0.15, -0.1) is 0 Å². The maximum Gasteiger partial charge on any atom is 0.332 e. The van der Waals surface area contributed by atoms with Gasteiger partial charge in [0.2, 0.25) is 0 Å². The molecule has 1 unspecified atom stereocenters. The van der Waals surface area contributed by atoms with Crippen LogP contribution in [0, 0.1) is 5.41 Å². The van der Waals surface area contributed by atoms with E-state index in [0.29, 0.717) is 5.02 Å². The molecule has 1 aromatic rings. The number of urea groups is 1. The zero-order chi connectivity index (χ0) is 18.9. The average molecular weight is 375 g/mol. The number of hydrogen-bond donors (Lipinski definition) is 4. The molecule has 0 saturated heterocycles. The molecule has 0 aliphatic heterocycles. The molecule has 2 amide bonds. The second-order valence-electron chi connectivity index (χ2n) is 7.90. The quantitative estimate of drug-likeness (QED) is 0.578. The predicted octanol–water partition coefficient (Wildman–Crippen LogP) is 4.67. The molecule has 0 aliphatic rings. The lowest BCUT2D eigenvalue weighted by Gasteiger charge is -2.34. The summed E-state index contributed by atoms with van der Waals surface area (Å²) in [5, 5.41) is 23.2. The minimum Gasteiger partial charge on any atom is -0.505 e. The summed E-state index contributed by atoms with van der Waals surface area (Å²) in [6.07, 6.45) is -0.169. The highest BCUT2D eigenvalue weighted by atomic mass is 35.5. The number of benzene rings is 1. The van der Waals surface area contributed by atoms with Crippen LogP contribution >= 0.6 is 24.4 Å². The number of phenols is 1. The van der Waals surface area contributed by atoms with Crippen molar-refractivity contribution < 1.29 is 15.0 Å². The molecule has 0 aliphatic carbocycles. The van der Waals surface area contributed by atoms with Crippen molar-refractivity contribution in [3.05, 3.63) is 22.7 Å². The summed E-state index contributed by atoms with van der Waals surface area (Å²) in [7, 11) is 0. The summed E-state index contributed by atoms with van der Waals surface area (Å²) < 4.78 is 0.998. The highest BCUT2D eigenvalue weighted by Crippen LogP contribution is 2.38. The Balaban J connectivity index is 3.06. The maximum atomic E-state index is 12.5. The van der Waals surface area contributed by atoms with Gasteiger partial charge in [-0.3, -0.25) is 0 Å². The van der Waals surface area contributed by atoms with Crippen molar-refractivity contribution in [3.63, 3.8) is 0 Å². The number of carbonyl (C=O) groups excluding carboxylic acids is 1. The lowest BCUT2D eigenvalue weighted by molar-refractivity contribution is 0.195. The minimum atomic E-state index is -0.926. The van der Waals surface area contributed by atoms with Crippen molar-refractivity contribution in [1.29, 1.82) is 0 Å². The third-order valence-corrected chi connectivity index (χ3v) is 3.99. The van der Waals surface area contributed by atoms with Crippen LogP contribution in [0.25, 0.3) is 0 Å². The predicted molar refractivity (Wildman–Crippen MR) is 102 cm³/mol. The molecule has 0 spiro atoms. The summed E-state index contributed by atoms with van der Waals surface area (Å²) in [4.78, 5) is 12.5. The first kappa shape index (κ1) is 20.9. The normalized spacial score (nSPS) is 13.5. The van der Waals surface area contributed by atoms with Crippen LogP contribution in [0.3, 0.4) is 0 Å². The van der Waals surface area contributed by atoms with E-state index in [1.54, 1.807) is 0 Å². The molecule has 0 bridgehead atoms. The van der Waals surface area contributed by atoms with E-state index in [-0.39, 0.29) is 22.4 Å². The van der Waals surface area contributed by atoms with Crippen molar-refractivity contribution >= 4 is 36.1 Å². The number of anilines is 1. The Morgan fingerprint density at radius 3 is 2.33 bits per heavy atom. The van der Waals surface area contributed by atoms with Crippen molar-refractivity contribution in [2.45, 2.75) is 59.6 Å². The van der Waals surface area contributed by atoms with Gasteiger partial charge < -0.3 is 15.5 Å². The number of rotatable bonds is 4. The van der Waals surface area contributed by atoms with Gasteiger partial charge in [-0.05, 0) is 44.7 Å². The van der Waals surface area contributed by atoms with Crippen LogP contribution in [-0.2, 0) is 0 Å². The van der Waals surface area contributed by atoms with Gasteiger partial charge in [0.1, 0.15) is 11.4 Å². The molecule has 5 nitrogen and oxygen atoms in total. The number of aromatic hydroxyl groups is 1. The third kappa shape index (κ3) is 5.76. The number of hydrogen-bond acceptors (Lipinski definition) is 4. The Morgan fingerprint density at radius 1 is 1.33 bits per heavy atom. The van der Waals surface area contributed by atoms with Gasteiger partial charge >= 0.3 is 6.03 Å². The fourth-order valence-electron chi connectivity index (χ4n) is 2.91. The van der Waals surface area contributed by atoms with E-state index in [9.17, 15) is 15.0 Å². The summed E-state index contributed by atoms with van der Waals surface area (Å²) in [6, 6.07) is 2.39. The van der Waals surface area contributed by atoms with Gasteiger partial charge in [-0.1, -0.05) is 45.2 Å². The molecule has 0 radical (unpaired) electrons. The zero-order valence-corrected chi connectivity index (χ0v) is 16.7. The van der Waals surface area contributed by atoms with Crippen molar-refractivity contribution in [2.75, 3.05) is 4.31 Å². The number of aliphatic hydroxyl groups is 1. The van der Waals surface area contributed by atoms with Gasteiger partial charge in [0, 0.05) is 16.1 Å². The molecule has 0 aromatic heterocycles. The average Bonchev–Trinajstić information content (AvgIpc) is 2.36. The Hall–Kier alpha value is -1.11. The lowest BCUT2D eigenvalue weighted by Crippen LogP contribution is -2.49. The van der Waals surface area contributed by atoms with E-state index >= 15 is 0 Å². The van der Waals surface area contributed by atoms with Crippen LogP contribution in [0.15, 0.2) is 12.1 Å². The zero-order valence-electron chi connectivity index (χ0n) is 15.0. The minimum absolute atomic E-state index is 0.0376. The summed E-state index contributed by atoms with van der Waals surface area (Å²) >= 11 is 10.2. The Bertz CT molecular complexity index is 613. The van der Waals surface area contributed by atoms with Gasteiger partial charge in [0.15, 0.2) is 0 Å². The second-order valence-corrected chi connectivity index (χ2v) is 8.74. The topological polar surface area (TPSA) is 72.8 Å². The molecule has 0 saturated carbocycles. The highest BCUT2D eigenvalue weighted by Gasteiger charge is 2.29. The Morgan fingerprint density at radius 2 is 1.88 bits per heavy atom. The number of amides is 2. The fraction of sp³-hybridized carbons (Fsp3) is 0.588. The smallest absolute Gasteiger partial charge is 0.332 e. The molecule has 1 atom stereocenters. The Kier molecular flexibility index (Phi) is 6.47. The molecule has 136 valence electrons. The van der Waals surface area contributed by atoms with Crippen LogP contribution in [-0.4, -0.2) is 21.8 Å². The molecule has 24 heavy (non-hydrogen) atoms. The molecule has 0 fully saturated rings. The monoisotopic (exact) mass is 374 g/mol. The van der Waals surface area contributed by atoms with Crippen LogP contribution in [0.5, 0.6) is 5.75 Å². The number of phenolic OH excluding ortho intramolecular Hbond substituents is 1. The van der Waals surface area contributed by atoms with Crippen molar-refractivity contribution in [3.8, 4) is 5.75 Å². The molecule has 1 rings (SSSR count). The number of aliphatic hydroxyl groups excluding tert-OH is 1. The molecule has 3 N–H and O–H groups in total. The number of thiol groups is 1. The highest BCUT2D eigenvalue weighted by molar-refractivity contribution is 7.82. The molecule has 0 heterocycles. The number of carbonyl (C=O) groups is 1. The first-order chi connectivity index (χ1) is 10.7. The van der Waals surface area contributed by atoms with E-state index in [2.05, 4.69) is 38.9 Å². The lowest BCUT2D eigenvalue weighted by atomic mass is 9.82. The van der Waals surface area contributed by atoms with E-state index in [1.165, 1.54) is 19.1 Å². The summed E-state index contributed by atoms with van der Waals surface area (Å²) in [5.74, 6) is -0.229. The van der Waals surface area contributed by atoms with E-state index in [1.807, 2.05) is 13.8 Å². The SMILES string of the molecule is CC(O)c1cc(Cl)cc(N(S)C(=O)NC(C)(C)CC(C)(C)C)c1O. The van der Waals surface area contributed by atoms with Crippen molar-refractivity contribution in [2.24, 2.45) is 5.41 Å². The number of halogens is 1. The van der Waals surface area contributed by atoms with E-state index < -0.39 is 17.7 Å². The van der Waals surface area contributed by atoms with Gasteiger partial charge in [-0.25, -0.2) is 9.10 Å². The van der Waals surface area contributed by atoms with Crippen LogP contribution in [0.1, 0.15) is 59.6 Å². The standard InChI is InChI=1S/C17H27ClN2O3S/c1-10(21)12-7-11(18)8-13(14(12)22)20(24)15(23)19-17(5,6)9-16(2,3)4/h7-8,10,21-22,24H,9H2,1-6H3,(H,19,23). The second kappa shape index (κ2) is 7.42. The fourth-order valence-corrected chi connectivity index (χ4v) is 3.33. The largest absolute Gasteiger partial charge is 0.505 e. The first-order valence-corrected chi connectivity index (χ1v) is 8.53. The van der Waals surface area contributed by atoms with E-state index in [4.69, 9.17) is 11.6 Å². The van der Waals surface area contributed by atoms with Crippen LogP contribution < -0.4 is 9.62 Å². The van der Waals surface area contributed by atoms with E-state index in [0.717, 1.165) is 10.7 Å². The third-order valence-electron chi connectivity index (χ3n) is 3.37. The first-order valence-electron chi connectivity index (χ1n) is 7.75. The molecular formula is C17H27ClN2O3S. The summed E-state index contributed by atoms with van der Waals surface area (Å²) in [5.41, 5.74) is -0.0721. The van der Waals surface area contributed by atoms with Crippen molar-refractivity contribution in [1.82, 2.24) is 5.32 Å². The molecular weight excluding hydrogens is 348 g/mol. The summed E-state index contributed by atoms with van der Waals surface area (Å²) in [6.45, 7) is 11.6. The van der Waals surface area contributed by atoms with Gasteiger partial charge in [-0.2, -0.15) is 0 Å². The van der Waals surface area contributed by atoms with Crippen LogP contribution in [0.4, 0.5) is 10.5 Å². The van der Waals surface area contributed by atoms with Crippen LogP contribution in [0.2, 0.25) is 5.02 Å². The Labute approximate surface area is 154 Å². The molecule has 1 aromatic carbocycles.